The molecule has 0 spiro atoms. The molecular formula is C23H14Cl2N2OS. The molecule has 0 fully saturated rings. The van der Waals surface area contributed by atoms with Crippen molar-refractivity contribution in [2.24, 2.45) is 4.99 Å². The summed E-state index contributed by atoms with van der Waals surface area (Å²) < 4.78 is 2.58. The Balaban J connectivity index is 1.75. The van der Waals surface area contributed by atoms with Crippen LogP contribution >= 0.6 is 34.5 Å². The Morgan fingerprint density at radius 3 is 2.41 bits per heavy atom. The number of carbonyl (C=O) groups is 1. The highest BCUT2D eigenvalue weighted by molar-refractivity contribution is 7.16. The Morgan fingerprint density at radius 1 is 1.03 bits per heavy atom. The topological polar surface area (TPSA) is 34.4 Å². The first-order valence-corrected chi connectivity index (χ1v) is 10.3. The largest absolute Gasteiger partial charge is 0.303 e. The minimum absolute atomic E-state index is 0.250. The van der Waals surface area contributed by atoms with Gasteiger partial charge in [0, 0.05) is 10.6 Å². The number of fused-ring (bicyclic) bond motifs is 1. The van der Waals surface area contributed by atoms with Crippen molar-refractivity contribution in [3.05, 3.63) is 87.1 Å². The molecule has 4 rings (SSSR count). The molecule has 6 heteroatoms. The van der Waals surface area contributed by atoms with Gasteiger partial charge in [-0.2, -0.15) is 4.99 Å². The van der Waals surface area contributed by atoms with Gasteiger partial charge in [0.05, 0.1) is 21.8 Å². The summed E-state index contributed by atoms with van der Waals surface area (Å²) in [5, 5.41) is 0.992. The van der Waals surface area contributed by atoms with Crippen LogP contribution in [0.25, 0.3) is 21.3 Å². The first kappa shape index (κ1) is 19.5. The maximum Gasteiger partial charge on any atom is 0.279 e. The van der Waals surface area contributed by atoms with Crippen LogP contribution in [-0.2, 0) is 6.54 Å². The minimum Gasteiger partial charge on any atom is -0.303 e. The lowest BCUT2D eigenvalue weighted by Crippen LogP contribution is -2.16. The molecule has 142 valence electrons. The predicted octanol–water partition coefficient (Wildman–Crippen LogP) is 6.05. The zero-order valence-corrected chi connectivity index (χ0v) is 17.4. The number of nitrogens with zero attached hydrogens (tertiary/aromatic N) is 2. The molecule has 3 aromatic carbocycles. The lowest BCUT2D eigenvalue weighted by atomic mass is 10.0. The van der Waals surface area contributed by atoms with E-state index in [9.17, 15) is 4.79 Å². The molecule has 1 amide bonds. The van der Waals surface area contributed by atoms with Crippen molar-refractivity contribution in [2.75, 3.05) is 0 Å². The van der Waals surface area contributed by atoms with Gasteiger partial charge < -0.3 is 4.57 Å². The summed E-state index contributed by atoms with van der Waals surface area (Å²) in [6, 6.07) is 20.8. The fourth-order valence-corrected chi connectivity index (χ4v) is 4.85. The predicted molar refractivity (Wildman–Crippen MR) is 120 cm³/mol. The number of rotatable bonds is 3. The Labute approximate surface area is 181 Å². The maximum atomic E-state index is 12.8. The summed E-state index contributed by atoms with van der Waals surface area (Å²) in [5.41, 5.74) is 3.35. The number of hydrogen-bond donors (Lipinski definition) is 0. The summed E-state index contributed by atoms with van der Waals surface area (Å²) >= 11 is 13.8. The van der Waals surface area contributed by atoms with Gasteiger partial charge in [0.2, 0.25) is 0 Å². The number of thiazole rings is 1. The first-order chi connectivity index (χ1) is 14.1. The second-order valence-corrected chi connectivity index (χ2v) is 8.12. The van der Waals surface area contributed by atoms with E-state index in [1.54, 1.807) is 28.8 Å². The van der Waals surface area contributed by atoms with E-state index in [2.05, 4.69) is 10.9 Å². The number of aromatic nitrogens is 1. The van der Waals surface area contributed by atoms with Crippen LogP contribution in [0.5, 0.6) is 0 Å². The normalized spacial score (nSPS) is 11.6. The number of terminal acetylenes is 1. The van der Waals surface area contributed by atoms with Crippen molar-refractivity contribution in [1.82, 2.24) is 4.57 Å². The zero-order chi connectivity index (χ0) is 20.4. The van der Waals surface area contributed by atoms with Crippen molar-refractivity contribution < 1.29 is 4.79 Å². The molecule has 0 bridgehead atoms. The fourth-order valence-electron chi connectivity index (χ4n) is 3.04. The molecule has 4 aromatic rings. The van der Waals surface area contributed by atoms with Crippen LogP contribution in [0.15, 0.2) is 71.7 Å². The monoisotopic (exact) mass is 436 g/mol. The van der Waals surface area contributed by atoms with Crippen LogP contribution in [0.2, 0.25) is 10.0 Å². The van der Waals surface area contributed by atoms with E-state index in [0.29, 0.717) is 20.4 Å². The van der Waals surface area contributed by atoms with E-state index in [0.717, 1.165) is 21.3 Å². The van der Waals surface area contributed by atoms with Gasteiger partial charge in [-0.3, -0.25) is 4.79 Å². The van der Waals surface area contributed by atoms with Gasteiger partial charge in [-0.05, 0) is 35.4 Å². The van der Waals surface area contributed by atoms with E-state index in [1.807, 2.05) is 42.5 Å². The Bertz CT molecular complexity index is 1310. The first-order valence-electron chi connectivity index (χ1n) is 8.73. The second kappa shape index (κ2) is 8.26. The standard InChI is InChI=1S/C23H14Cl2N2OS/c1-2-12-27-21-19(25)13-18(24)14-20(21)29-23(27)26-22(28)17-10-8-16(9-11-17)15-6-4-3-5-7-15/h1,3-11,13-14H,12H2. The van der Waals surface area contributed by atoms with E-state index >= 15 is 0 Å². The summed E-state index contributed by atoms with van der Waals surface area (Å²) in [5.74, 6) is 2.25. The third kappa shape index (κ3) is 3.99. The SMILES string of the molecule is C#CCn1c(=NC(=O)c2ccc(-c3ccccc3)cc2)sc2cc(Cl)cc(Cl)c21. The Morgan fingerprint density at radius 2 is 1.72 bits per heavy atom. The maximum absolute atomic E-state index is 12.8. The molecule has 3 nitrogen and oxygen atoms in total. The van der Waals surface area contributed by atoms with Crippen LogP contribution in [0, 0.1) is 12.3 Å². The van der Waals surface area contributed by atoms with E-state index in [4.69, 9.17) is 29.6 Å². The molecule has 0 saturated heterocycles. The van der Waals surface area contributed by atoms with Gasteiger partial charge in [0.1, 0.15) is 0 Å². The van der Waals surface area contributed by atoms with Crippen LogP contribution < -0.4 is 4.80 Å². The molecule has 0 aliphatic rings. The molecule has 1 heterocycles. The Kier molecular flexibility index (Phi) is 5.55. The number of amides is 1. The molecule has 0 saturated carbocycles. The van der Waals surface area contributed by atoms with Crippen molar-refractivity contribution in [3.63, 3.8) is 0 Å². The van der Waals surface area contributed by atoms with Gasteiger partial charge in [0.15, 0.2) is 4.80 Å². The molecule has 0 unspecified atom stereocenters. The minimum atomic E-state index is -0.343. The molecule has 0 atom stereocenters. The fraction of sp³-hybridized carbons (Fsp3) is 0.0435. The van der Waals surface area contributed by atoms with Crippen molar-refractivity contribution >= 4 is 50.7 Å². The third-order valence-electron chi connectivity index (χ3n) is 4.38. The third-order valence-corrected chi connectivity index (χ3v) is 5.91. The lowest BCUT2D eigenvalue weighted by Gasteiger charge is -2.03. The van der Waals surface area contributed by atoms with Crippen LogP contribution in [-0.4, -0.2) is 10.5 Å². The summed E-state index contributed by atoms with van der Waals surface area (Å²) in [7, 11) is 0. The van der Waals surface area contributed by atoms with Gasteiger partial charge >= 0.3 is 0 Å². The number of halogens is 2. The number of carbonyl (C=O) groups excluding carboxylic acids is 1. The average Bonchev–Trinajstić information content (AvgIpc) is 3.06. The number of hydrogen-bond acceptors (Lipinski definition) is 2. The zero-order valence-electron chi connectivity index (χ0n) is 15.1. The van der Waals surface area contributed by atoms with Crippen LogP contribution in [0.4, 0.5) is 0 Å². The van der Waals surface area contributed by atoms with Gasteiger partial charge in [-0.25, -0.2) is 0 Å². The quantitative estimate of drug-likeness (QED) is 0.359. The molecule has 0 radical (unpaired) electrons. The van der Waals surface area contributed by atoms with Crippen LogP contribution in [0.3, 0.4) is 0 Å². The molecule has 0 aliphatic heterocycles. The van der Waals surface area contributed by atoms with Gasteiger partial charge in [-0.1, -0.05) is 82.9 Å². The molecule has 29 heavy (non-hydrogen) atoms. The highest BCUT2D eigenvalue weighted by Crippen LogP contribution is 2.29. The average molecular weight is 437 g/mol. The highest BCUT2D eigenvalue weighted by atomic mass is 35.5. The molecule has 0 aliphatic carbocycles. The highest BCUT2D eigenvalue weighted by Gasteiger charge is 2.12. The van der Waals surface area contributed by atoms with Gasteiger partial charge in [0.25, 0.3) is 5.91 Å². The lowest BCUT2D eigenvalue weighted by molar-refractivity contribution is 0.0998. The summed E-state index contributed by atoms with van der Waals surface area (Å²) in [4.78, 5) is 17.6. The second-order valence-electron chi connectivity index (χ2n) is 6.27. The molecule has 1 aromatic heterocycles. The van der Waals surface area contributed by atoms with Gasteiger partial charge in [-0.15, -0.1) is 6.42 Å². The van der Waals surface area contributed by atoms with Crippen molar-refractivity contribution in [3.8, 4) is 23.5 Å². The van der Waals surface area contributed by atoms with E-state index in [-0.39, 0.29) is 12.5 Å². The van der Waals surface area contributed by atoms with E-state index < -0.39 is 0 Å². The van der Waals surface area contributed by atoms with Crippen LogP contribution in [0.1, 0.15) is 10.4 Å². The summed E-state index contributed by atoms with van der Waals surface area (Å²) in [6.45, 7) is 0.250. The molecular weight excluding hydrogens is 423 g/mol. The smallest absolute Gasteiger partial charge is 0.279 e. The van der Waals surface area contributed by atoms with Crippen molar-refractivity contribution in [2.45, 2.75) is 6.54 Å². The summed E-state index contributed by atoms with van der Waals surface area (Å²) in [6.07, 6.45) is 5.51. The van der Waals surface area contributed by atoms with E-state index in [1.165, 1.54) is 11.3 Å². The Hall–Kier alpha value is -2.84. The molecule has 0 N–H and O–H groups in total. The number of benzene rings is 3. The van der Waals surface area contributed by atoms with Crippen molar-refractivity contribution in [1.29, 1.82) is 0 Å².